The van der Waals surface area contributed by atoms with Crippen molar-refractivity contribution in [3.8, 4) is 0 Å². The van der Waals surface area contributed by atoms with E-state index in [-0.39, 0.29) is 28.2 Å². The molecule has 0 amide bonds. The maximum atomic E-state index is 13.4. The molecule has 0 fully saturated rings. The Labute approximate surface area is 177 Å². The van der Waals surface area contributed by atoms with E-state index < -0.39 is 29.1 Å². The van der Waals surface area contributed by atoms with E-state index in [0.717, 1.165) is 11.6 Å². The van der Waals surface area contributed by atoms with Crippen LogP contribution in [0.4, 0.5) is 26.3 Å². The average Bonchev–Trinajstić information content (AvgIpc) is 2.75. The van der Waals surface area contributed by atoms with Gasteiger partial charge >= 0.3 is 12.4 Å². The lowest BCUT2D eigenvalue weighted by Gasteiger charge is -2.33. The van der Waals surface area contributed by atoms with Gasteiger partial charge in [0, 0.05) is 16.3 Å². The van der Waals surface area contributed by atoms with Crippen molar-refractivity contribution in [3.05, 3.63) is 94.3 Å². The van der Waals surface area contributed by atoms with Crippen molar-refractivity contribution in [2.45, 2.75) is 24.5 Å². The Morgan fingerprint density at radius 3 is 1.88 bits per heavy atom. The maximum absolute atomic E-state index is 13.4. The molecule has 0 aliphatic heterocycles. The lowest BCUT2D eigenvalue weighted by atomic mass is 9.90. The molecule has 0 unspecified atom stereocenters. The number of alkyl halides is 6. The molecule has 0 spiro atoms. The molecular formula is C23H15F6NO2. The second kappa shape index (κ2) is 7.37. The molecule has 1 N–H and O–H groups in total. The summed E-state index contributed by atoms with van der Waals surface area (Å²) in [7, 11) is 0. The van der Waals surface area contributed by atoms with Crippen LogP contribution < -0.4 is 5.56 Å². The number of rotatable bonds is 3. The van der Waals surface area contributed by atoms with Gasteiger partial charge in [-0.05, 0) is 29.1 Å². The predicted octanol–water partition coefficient (Wildman–Crippen LogP) is 5.52. The fourth-order valence-electron chi connectivity index (χ4n) is 3.78. The lowest BCUT2D eigenvalue weighted by molar-refractivity contribution is -0.376. The van der Waals surface area contributed by atoms with Crippen LogP contribution >= 0.6 is 0 Å². The van der Waals surface area contributed by atoms with Crippen LogP contribution in [-0.2, 0) is 12.1 Å². The Kier molecular flexibility index (Phi) is 5.04. The minimum absolute atomic E-state index is 0.0134. The van der Waals surface area contributed by atoms with E-state index >= 15 is 0 Å². The van der Waals surface area contributed by atoms with Gasteiger partial charge in [-0.25, -0.2) is 0 Å². The second-order valence-electron chi connectivity index (χ2n) is 7.36. The van der Waals surface area contributed by atoms with Crippen LogP contribution in [0.2, 0.25) is 0 Å². The van der Waals surface area contributed by atoms with Gasteiger partial charge in [-0.15, -0.1) is 0 Å². The molecule has 4 aromatic rings. The standard InChI is InChI=1S/C23H15F6NO2/c24-22(25,26)21(32,23(27,28)29)15-10-11-19-18(12-15)16-8-4-5-9-17(16)20(31)30(19)13-14-6-2-1-3-7-14/h1-12,32H,13H2. The first kappa shape index (κ1) is 21.9. The monoisotopic (exact) mass is 451 g/mol. The molecule has 0 radical (unpaired) electrons. The van der Waals surface area contributed by atoms with E-state index in [9.17, 15) is 36.2 Å². The van der Waals surface area contributed by atoms with Crippen LogP contribution in [0.5, 0.6) is 0 Å². The Balaban J connectivity index is 2.07. The first-order valence-electron chi connectivity index (χ1n) is 9.40. The summed E-state index contributed by atoms with van der Waals surface area (Å²) >= 11 is 0. The van der Waals surface area contributed by atoms with E-state index in [1.807, 2.05) is 0 Å². The Bertz CT molecular complexity index is 1340. The molecule has 0 saturated heterocycles. The third kappa shape index (κ3) is 3.33. The second-order valence-corrected chi connectivity index (χ2v) is 7.36. The normalized spacial score (nSPS) is 13.1. The van der Waals surface area contributed by atoms with Gasteiger partial charge in [-0.3, -0.25) is 4.79 Å². The maximum Gasteiger partial charge on any atom is 0.430 e. The van der Waals surface area contributed by atoms with E-state index in [0.29, 0.717) is 12.1 Å². The molecule has 0 bridgehead atoms. The van der Waals surface area contributed by atoms with Gasteiger partial charge in [0.2, 0.25) is 0 Å². The van der Waals surface area contributed by atoms with Gasteiger partial charge in [0.25, 0.3) is 11.2 Å². The summed E-state index contributed by atoms with van der Waals surface area (Å²) < 4.78 is 81.7. The van der Waals surface area contributed by atoms with Crippen molar-refractivity contribution in [2.75, 3.05) is 0 Å². The van der Waals surface area contributed by atoms with Crippen molar-refractivity contribution < 1.29 is 31.4 Å². The van der Waals surface area contributed by atoms with Crippen LogP contribution in [0.3, 0.4) is 0 Å². The highest BCUT2D eigenvalue weighted by atomic mass is 19.4. The number of aliphatic hydroxyl groups is 1. The molecule has 1 heterocycles. The average molecular weight is 451 g/mol. The van der Waals surface area contributed by atoms with Crippen LogP contribution in [0, 0.1) is 0 Å². The van der Waals surface area contributed by atoms with Crippen molar-refractivity contribution >= 4 is 21.7 Å². The summed E-state index contributed by atoms with van der Waals surface area (Å²) in [6, 6.07) is 16.9. The summed E-state index contributed by atoms with van der Waals surface area (Å²) in [5, 5.41) is 10.1. The van der Waals surface area contributed by atoms with E-state index in [4.69, 9.17) is 0 Å². The molecule has 3 aromatic carbocycles. The van der Waals surface area contributed by atoms with Crippen molar-refractivity contribution in [1.82, 2.24) is 4.57 Å². The number of hydrogen-bond donors (Lipinski definition) is 1. The zero-order valence-corrected chi connectivity index (χ0v) is 16.2. The van der Waals surface area contributed by atoms with Crippen LogP contribution in [0.15, 0.2) is 77.6 Å². The topological polar surface area (TPSA) is 42.2 Å². The Morgan fingerprint density at radius 1 is 0.719 bits per heavy atom. The molecular weight excluding hydrogens is 436 g/mol. The van der Waals surface area contributed by atoms with Gasteiger partial charge in [0.15, 0.2) is 0 Å². The van der Waals surface area contributed by atoms with E-state index in [1.54, 1.807) is 36.4 Å². The highest BCUT2D eigenvalue weighted by Crippen LogP contribution is 2.50. The van der Waals surface area contributed by atoms with Crippen LogP contribution in [-0.4, -0.2) is 22.0 Å². The fraction of sp³-hybridized carbons (Fsp3) is 0.174. The van der Waals surface area contributed by atoms with Gasteiger partial charge in [0.05, 0.1) is 12.1 Å². The Hall–Kier alpha value is -3.33. The molecule has 3 nitrogen and oxygen atoms in total. The first-order valence-corrected chi connectivity index (χ1v) is 9.40. The third-order valence-electron chi connectivity index (χ3n) is 5.40. The minimum atomic E-state index is -6.01. The molecule has 0 saturated carbocycles. The molecule has 0 aliphatic rings. The molecule has 9 heteroatoms. The minimum Gasteiger partial charge on any atom is -0.369 e. The van der Waals surface area contributed by atoms with Crippen LogP contribution in [0.25, 0.3) is 21.7 Å². The Morgan fingerprint density at radius 2 is 1.28 bits per heavy atom. The summed E-state index contributed by atoms with van der Waals surface area (Å²) in [5.41, 5.74) is -6.01. The lowest BCUT2D eigenvalue weighted by Crippen LogP contribution is -2.53. The summed E-state index contributed by atoms with van der Waals surface area (Å²) in [6.07, 6.45) is -12.0. The quantitative estimate of drug-likeness (QED) is 0.330. The molecule has 0 aliphatic carbocycles. The van der Waals surface area contributed by atoms with Gasteiger partial charge < -0.3 is 9.67 Å². The number of halogens is 6. The highest BCUT2D eigenvalue weighted by Gasteiger charge is 2.71. The summed E-state index contributed by atoms with van der Waals surface area (Å²) in [5.74, 6) is 0. The molecule has 1 aromatic heterocycles. The number of benzene rings is 3. The molecule has 4 rings (SSSR count). The van der Waals surface area contributed by atoms with Gasteiger partial charge in [-0.2, -0.15) is 26.3 Å². The predicted molar refractivity (Wildman–Crippen MR) is 107 cm³/mol. The smallest absolute Gasteiger partial charge is 0.369 e. The highest BCUT2D eigenvalue weighted by molar-refractivity contribution is 6.05. The number of aromatic nitrogens is 1. The number of fused-ring (bicyclic) bond motifs is 3. The fourth-order valence-corrected chi connectivity index (χ4v) is 3.78. The van der Waals surface area contributed by atoms with Crippen molar-refractivity contribution in [3.63, 3.8) is 0 Å². The van der Waals surface area contributed by atoms with Crippen molar-refractivity contribution in [2.24, 2.45) is 0 Å². The number of hydrogen-bond acceptors (Lipinski definition) is 2. The van der Waals surface area contributed by atoms with Gasteiger partial charge in [0.1, 0.15) is 0 Å². The van der Waals surface area contributed by atoms with Crippen molar-refractivity contribution in [1.29, 1.82) is 0 Å². The zero-order chi connectivity index (χ0) is 23.3. The number of pyridine rings is 1. The molecule has 166 valence electrons. The van der Waals surface area contributed by atoms with Crippen LogP contribution in [0.1, 0.15) is 11.1 Å². The molecule has 0 atom stereocenters. The third-order valence-corrected chi connectivity index (χ3v) is 5.40. The number of nitrogens with zero attached hydrogens (tertiary/aromatic N) is 1. The van der Waals surface area contributed by atoms with Gasteiger partial charge in [-0.1, -0.05) is 54.6 Å². The largest absolute Gasteiger partial charge is 0.430 e. The van der Waals surface area contributed by atoms with E-state index in [2.05, 4.69) is 0 Å². The summed E-state index contributed by atoms with van der Waals surface area (Å²) in [4.78, 5) is 13.1. The first-order chi connectivity index (χ1) is 14.9. The zero-order valence-electron chi connectivity index (χ0n) is 16.2. The molecule has 32 heavy (non-hydrogen) atoms. The SMILES string of the molecule is O=c1c2ccccc2c2cc(C(O)(C(F)(F)F)C(F)(F)F)ccc2n1Cc1ccccc1. The summed E-state index contributed by atoms with van der Waals surface area (Å²) in [6.45, 7) is 0.0587. The van der Waals surface area contributed by atoms with E-state index in [1.165, 1.54) is 22.8 Å².